The van der Waals surface area contributed by atoms with Gasteiger partial charge in [0.25, 0.3) is 0 Å². The zero-order valence-corrected chi connectivity index (χ0v) is 16.1. The number of benzene rings is 1. The molecule has 0 aliphatic carbocycles. The number of aromatic nitrogens is 2. The van der Waals surface area contributed by atoms with Crippen LogP contribution in [0.4, 0.5) is 11.5 Å². The topological polar surface area (TPSA) is 52.6 Å². The SMILES string of the molecule is C[C@@H]1CN(C(=O)Cc2ccc(N(C)C)cc2)CCN1c1ccc(Cl)nn1. The van der Waals surface area contributed by atoms with Crippen molar-refractivity contribution in [2.75, 3.05) is 43.5 Å². The summed E-state index contributed by atoms with van der Waals surface area (Å²) in [6.07, 6.45) is 0.432. The van der Waals surface area contributed by atoms with E-state index in [4.69, 9.17) is 11.6 Å². The van der Waals surface area contributed by atoms with Crippen molar-refractivity contribution in [3.63, 3.8) is 0 Å². The van der Waals surface area contributed by atoms with Crippen LogP contribution in [0.15, 0.2) is 36.4 Å². The first-order valence-electron chi connectivity index (χ1n) is 8.74. The third-order valence-corrected chi connectivity index (χ3v) is 4.90. The van der Waals surface area contributed by atoms with Crippen molar-refractivity contribution in [2.24, 2.45) is 0 Å². The zero-order valence-electron chi connectivity index (χ0n) is 15.4. The minimum atomic E-state index is 0.163. The molecule has 1 aromatic heterocycles. The van der Waals surface area contributed by atoms with E-state index in [2.05, 4.69) is 22.0 Å². The molecule has 0 saturated carbocycles. The van der Waals surface area contributed by atoms with Crippen molar-refractivity contribution < 1.29 is 4.79 Å². The largest absolute Gasteiger partial charge is 0.378 e. The first-order chi connectivity index (χ1) is 12.4. The number of halogens is 1. The van der Waals surface area contributed by atoms with Crippen molar-refractivity contribution >= 4 is 29.0 Å². The molecule has 1 fully saturated rings. The lowest BCUT2D eigenvalue weighted by Crippen LogP contribution is -2.54. The van der Waals surface area contributed by atoms with E-state index < -0.39 is 0 Å². The Labute approximate surface area is 159 Å². The molecule has 6 nitrogen and oxygen atoms in total. The van der Waals surface area contributed by atoms with Crippen molar-refractivity contribution in [2.45, 2.75) is 19.4 Å². The highest BCUT2D eigenvalue weighted by atomic mass is 35.5. The standard InChI is InChI=1S/C19H24ClN5O/c1-14-13-24(10-11-25(14)18-9-8-17(20)21-22-18)19(26)12-15-4-6-16(7-5-15)23(2)3/h4-9,14H,10-13H2,1-3H3/t14-/m1/s1. The number of nitrogens with zero attached hydrogens (tertiary/aromatic N) is 5. The molecule has 2 heterocycles. The van der Waals surface area contributed by atoms with Gasteiger partial charge in [0.1, 0.15) is 0 Å². The summed E-state index contributed by atoms with van der Waals surface area (Å²) in [5.41, 5.74) is 2.17. The second-order valence-electron chi connectivity index (χ2n) is 6.83. The molecule has 7 heteroatoms. The van der Waals surface area contributed by atoms with Gasteiger partial charge in [0, 0.05) is 45.5 Å². The number of rotatable bonds is 4. The van der Waals surface area contributed by atoms with Crippen LogP contribution in [0.25, 0.3) is 0 Å². The van der Waals surface area contributed by atoms with Crippen LogP contribution in [-0.2, 0) is 11.2 Å². The molecular formula is C19H24ClN5O. The lowest BCUT2D eigenvalue weighted by Gasteiger charge is -2.40. The average molecular weight is 374 g/mol. The lowest BCUT2D eigenvalue weighted by atomic mass is 10.1. The number of piperazine rings is 1. The number of carbonyl (C=O) groups excluding carboxylic acids is 1. The molecule has 1 aromatic carbocycles. The van der Waals surface area contributed by atoms with Crippen LogP contribution in [-0.4, -0.2) is 60.8 Å². The molecule has 1 amide bonds. The summed E-state index contributed by atoms with van der Waals surface area (Å²) in [4.78, 5) is 18.8. The molecular weight excluding hydrogens is 350 g/mol. The van der Waals surface area contributed by atoms with Crippen LogP contribution in [0.2, 0.25) is 5.15 Å². The van der Waals surface area contributed by atoms with E-state index in [1.165, 1.54) is 0 Å². The molecule has 0 radical (unpaired) electrons. The molecule has 0 bridgehead atoms. The summed E-state index contributed by atoms with van der Waals surface area (Å²) in [6.45, 7) is 4.20. The first-order valence-corrected chi connectivity index (χ1v) is 9.12. The molecule has 138 valence electrons. The molecule has 3 rings (SSSR count). The summed E-state index contributed by atoms with van der Waals surface area (Å²) in [5, 5.41) is 8.44. The summed E-state index contributed by atoms with van der Waals surface area (Å²) in [7, 11) is 4.01. The van der Waals surface area contributed by atoms with Gasteiger partial charge in [0.2, 0.25) is 5.91 Å². The monoisotopic (exact) mass is 373 g/mol. The predicted octanol–water partition coefficient (Wildman–Crippen LogP) is 2.48. The molecule has 0 N–H and O–H groups in total. The minimum absolute atomic E-state index is 0.163. The Kier molecular flexibility index (Phi) is 5.61. The molecule has 1 aliphatic heterocycles. The highest BCUT2D eigenvalue weighted by Gasteiger charge is 2.27. The van der Waals surface area contributed by atoms with Gasteiger partial charge in [0.05, 0.1) is 6.42 Å². The van der Waals surface area contributed by atoms with E-state index in [0.29, 0.717) is 24.7 Å². The Morgan fingerprint density at radius 3 is 2.46 bits per heavy atom. The Morgan fingerprint density at radius 2 is 1.88 bits per heavy atom. The van der Waals surface area contributed by atoms with Gasteiger partial charge >= 0.3 is 0 Å². The predicted molar refractivity (Wildman–Crippen MR) is 105 cm³/mol. The molecule has 1 saturated heterocycles. The zero-order chi connectivity index (χ0) is 18.7. The van der Waals surface area contributed by atoms with Gasteiger partial charge in [-0.05, 0) is 36.8 Å². The number of carbonyl (C=O) groups is 1. The van der Waals surface area contributed by atoms with Gasteiger partial charge in [-0.2, -0.15) is 0 Å². The molecule has 1 atom stereocenters. The van der Waals surface area contributed by atoms with E-state index >= 15 is 0 Å². The fraction of sp³-hybridized carbons (Fsp3) is 0.421. The third-order valence-electron chi connectivity index (χ3n) is 4.70. The number of anilines is 2. The van der Waals surface area contributed by atoms with Crippen LogP contribution in [0.5, 0.6) is 0 Å². The first kappa shape index (κ1) is 18.5. The molecule has 26 heavy (non-hydrogen) atoms. The van der Waals surface area contributed by atoms with Crippen LogP contribution < -0.4 is 9.80 Å². The number of hydrogen-bond donors (Lipinski definition) is 0. The van der Waals surface area contributed by atoms with E-state index in [-0.39, 0.29) is 11.9 Å². The Balaban J connectivity index is 1.59. The summed E-state index contributed by atoms with van der Waals surface area (Å²) < 4.78 is 0. The Hall–Kier alpha value is -2.34. The Bertz CT molecular complexity index is 748. The Morgan fingerprint density at radius 1 is 1.15 bits per heavy atom. The quantitative estimate of drug-likeness (QED) is 0.824. The second-order valence-corrected chi connectivity index (χ2v) is 7.22. The smallest absolute Gasteiger partial charge is 0.227 e. The van der Waals surface area contributed by atoms with Crippen molar-refractivity contribution in [1.29, 1.82) is 0 Å². The van der Waals surface area contributed by atoms with Gasteiger partial charge in [0.15, 0.2) is 11.0 Å². The fourth-order valence-electron chi connectivity index (χ4n) is 3.19. The van der Waals surface area contributed by atoms with Gasteiger partial charge in [-0.25, -0.2) is 0 Å². The number of amides is 1. The van der Waals surface area contributed by atoms with Crippen LogP contribution in [0.1, 0.15) is 12.5 Å². The summed E-state index contributed by atoms with van der Waals surface area (Å²) in [5.74, 6) is 0.963. The second kappa shape index (κ2) is 7.91. The van der Waals surface area contributed by atoms with Crippen LogP contribution in [0.3, 0.4) is 0 Å². The normalized spacial score (nSPS) is 17.3. The van der Waals surface area contributed by atoms with E-state index in [1.807, 2.05) is 54.2 Å². The van der Waals surface area contributed by atoms with Gasteiger partial charge in [-0.1, -0.05) is 23.7 Å². The molecule has 0 spiro atoms. The van der Waals surface area contributed by atoms with E-state index in [1.54, 1.807) is 6.07 Å². The van der Waals surface area contributed by atoms with Crippen LogP contribution >= 0.6 is 11.6 Å². The van der Waals surface area contributed by atoms with Gasteiger partial charge in [-0.3, -0.25) is 4.79 Å². The van der Waals surface area contributed by atoms with Crippen molar-refractivity contribution in [1.82, 2.24) is 15.1 Å². The average Bonchev–Trinajstić information content (AvgIpc) is 2.63. The van der Waals surface area contributed by atoms with Gasteiger partial charge < -0.3 is 14.7 Å². The summed E-state index contributed by atoms with van der Waals surface area (Å²) >= 11 is 5.81. The molecule has 1 aliphatic rings. The van der Waals surface area contributed by atoms with Crippen molar-refractivity contribution in [3.8, 4) is 0 Å². The maximum atomic E-state index is 12.7. The third kappa shape index (κ3) is 4.25. The number of hydrogen-bond acceptors (Lipinski definition) is 5. The lowest BCUT2D eigenvalue weighted by molar-refractivity contribution is -0.131. The van der Waals surface area contributed by atoms with E-state index in [9.17, 15) is 4.79 Å². The van der Waals surface area contributed by atoms with Crippen molar-refractivity contribution in [3.05, 3.63) is 47.1 Å². The maximum absolute atomic E-state index is 12.7. The molecule has 2 aromatic rings. The van der Waals surface area contributed by atoms with E-state index in [0.717, 1.165) is 23.6 Å². The molecule has 0 unspecified atom stereocenters. The fourth-order valence-corrected chi connectivity index (χ4v) is 3.29. The highest BCUT2D eigenvalue weighted by molar-refractivity contribution is 6.29. The minimum Gasteiger partial charge on any atom is -0.378 e. The highest BCUT2D eigenvalue weighted by Crippen LogP contribution is 2.20. The van der Waals surface area contributed by atoms with Crippen LogP contribution in [0, 0.1) is 0 Å². The maximum Gasteiger partial charge on any atom is 0.227 e. The van der Waals surface area contributed by atoms with Gasteiger partial charge in [-0.15, -0.1) is 10.2 Å². The summed E-state index contributed by atoms with van der Waals surface area (Å²) in [6, 6.07) is 11.9.